The second-order valence-electron chi connectivity index (χ2n) is 13.1. The number of hydrogen-bond donors (Lipinski definition) is 2. The van der Waals surface area contributed by atoms with E-state index < -0.39 is 11.2 Å². The fourth-order valence-corrected chi connectivity index (χ4v) is 9.58. The summed E-state index contributed by atoms with van der Waals surface area (Å²) in [5.74, 6) is 2.51. The third-order valence-corrected chi connectivity index (χ3v) is 11.2. The highest BCUT2D eigenvalue weighted by Gasteiger charge is 2.64. The molecular weight excluding hydrogens is 410 g/mol. The highest BCUT2D eigenvalue weighted by Crippen LogP contribution is 2.70. The van der Waals surface area contributed by atoms with Crippen LogP contribution in [0.3, 0.4) is 0 Å². The molecule has 0 spiro atoms. The minimum Gasteiger partial charge on any atom is -0.390 e. The Morgan fingerprint density at radius 1 is 1.21 bits per heavy atom. The summed E-state index contributed by atoms with van der Waals surface area (Å²) in [6.07, 6.45) is 15.0. The average molecular weight is 454 g/mol. The summed E-state index contributed by atoms with van der Waals surface area (Å²) >= 11 is 0. The molecule has 0 radical (unpaired) electrons. The van der Waals surface area contributed by atoms with Crippen LogP contribution in [0.2, 0.25) is 0 Å². The van der Waals surface area contributed by atoms with Gasteiger partial charge in [-0.25, -0.2) is 0 Å². The van der Waals surface area contributed by atoms with Crippen molar-refractivity contribution in [2.45, 2.75) is 110 Å². The molecule has 1 heterocycles. The van der Waals surface area contributed by atoms with Gasteiger partial charge in [-0.15, -0.1) is 0 Å². The van der Waals surface area contributed by atoms with E-state index in [9.17, 15) is 15.5 Å². The molecule has 0 saturated heterocycles. The number of fused-ring (bicyclic) bond motifs is 5. The molecule has 2 unspecified atom stereocenters. The molecule has 2 N–H and O–H groups in total. The SMILES string of the molecule is CC[C@]12CC[C@@](C)(O)C[C@H]1CC(C(C)(O)Cn1cc(C#N)cn1)[C@H]1[C@@H]3CCC[C@@]3(C)CC[C@@H]12. The van der Waals surface area contributed by atoms with E-state index in [4.69, 9.17) is 0 Å². The van der Waals surface area contributed by atoms with Crippen molar-refractivity contribution in [1.29, 1.82) is 5.26 Å². The standard InChI is InChI=1S/C28H43N3O2/c1-5-28-12-11-26(3,32)14-20(28)13-23(27(4,33)18-31-17-19(15-29)16-30-31)24-21-7-6-9-25(21,2)10-8-22(24)28/h16-17,20-24,32-33H,5-14,18H2,1-4H3/t20-,21+,22+,23?,24+,25+,26-,27?,28+/m1/s1. The van der Waals surface area contributed by atoms with Crippen LogP contribution in [-0.2, 0) is 6.54 Å². The molecular formula is C28H43N3O2. The summed E-state index contributed by atoms with van der Waals surface area (Å²) in [5.41, 5.74) is -0.222. The van der Waals surface area contributed by atoms with Crippen LogP contribution in [0.5, 0.6) is 0 Å². The third-order valence-electron chi connectivity index (χ3n) is 11.2. The van der Waals surface area contributed by atoms with E-state index in [-0.39, 0.29) is 5.92 Å². The Balaban J connectivity index is 1.54. The lowest BCUT2D eigenvalue weighted by molar-refractivity contribution is -0.206. The zero-order valence-corrected chi connectivity index (χ0v) is 21.1. The molecule has 4 aliphatic rings. The molecule has 1 aromatic rings. The Kier molecular flexibility index (Phi) is 5.54. The highest BCUT2D eigenvalue weighted by atomic mass is 16.3. The number of nitriles is 1. The van der Waals surface area contributed by atoms with Gasteiger partial charge in [0.1, 0.15) is 6.07 Å². The van der Waals surface area contributed by atoms with Crippen molar-refractivity contribution < 1.29 is 10.2 Å². The average Bonchev–Trinajstić information content (AvgIpc) is 3.37. The van der Waals surface area contributed by atoms with Gasteiger partial charge in [0.2, 0.25) is 0 Å². The van der Waals surface area contributed by atoms with E-state index in [1.165, 1.54) is 38.5 Å². The van der Waals surface area contributed by atoms with Gasteiger partial charge in [0.05, 0.1) is 29.5 Å². The lowest BCUT2D eigenvalue weighted by Crippen LogP contribution is -2.62. The number of rotatable bonds is 4. The summed E-state index contributed by atoms with van der Waals surface area (Å²) < 4.78 is 1.77. The Bertz CT molecular complexity index is 930. The van der Waals surface area contributed by atoms with Gasteiger partial charge in [-0.3, -0.25) is 4.68 Å². The third kappa shape index (κ3) is 3.67. The summed E-state index contributed by atoms with van der Waals surface area (Å²) in [6, 6.07) is 2.16. The van der Waals surface area contributed by atoms with Gasteiger partial charge >= 0.3 is 0 Å². The van der Waals surface area contributed by atoms with Gasteiger partial charge in [0.15, 0.2) is 0 Å². The summed E-state index contributed by atoms with van der Waals surface area (Å²) in [6.45, 7) is 9.37. The molecule has 0 aromatic carbocycles. The Morgan fingerprint density at radius 3 is 2.70 bits per heavy atom. The van der Waals surface area contributed by atoms with Crippen molar-refractivity contribution in [2.75, 3.05) is 0 Å². The zero-order chi connectivity index (χ0) is 23.6. The van der Waals surface area contributed by atoms with Crippen LogP contribution < -0.4 is 0 Å². The first-order valence-electron chi connectivity index (χ1n) is 13.4. The highest BCUT2D eigenvalue weighted by molar-refractivity contribution is 5.22. The monoisotopic (exact) mass is 453 g/mol. The fourth-order valence-electron chi connectivity index (χ4n) is 9.58. The minimum atomic E-state index is -0.897. The molecule has 5 heteroatoms. The van der Waals surface area contributed by atoms with Gasteiger partial charge < -0.3 is 10.2 Å². The Hall–Kier alpha value is -1.38. The van der Waals surface area contributed by atoms with E-state index in [1.807, 2.05) is 13.8 Å². The molecule has 4 fully saturated rings. The molecule has 0 bridgehead atoms. The molecule has 4 saturated carbocycles. The van der Waals surface area contributed by atoms with Crippen molar-refractivity contribution in [2.24, 2.45) is 40.4 Å². The predicted octanol–water partition coefficient (Wildman–Crippen LogP) is 5.31. The smallest absolute Gasteiger partial charge is 0.102 e. The predicted molar refractivity (Wildman–Crippen MR) is 128 cm³/mol. The first kappa shape index (κ1) is 23.4. The molecule has 0 aliphatic heterocycles. The summed E-state index contributed by atoms with van der Waals surface area (Å²) in [4.78, 5) is 0. The quantitative estimate of drug-likeness (QED) is 0.648. The summed E-state index contributed by atoms with van der Waals surface area (Å²) in [5, 5.41) is 36.8. The van der Waals surface area contributed by atoms with Crippen LogP contribution in [0.1, 0.15) is 97.5 Å². The van der Waals surface area contributed by atoms with Gasteiger partial charge in [-0.2, -0.15) is 10.4 Å². The fraction of sp³-hybridized carbons (Fsp3) is 0.857. The Labute approximate surface area is 199 Å². The summed E-state index contributed by atoms with van der Waals surface area (Å²) in [7, 11) is 0. The van der Waals surface area contributed by atoms with Crippen LogP contribution >= 0.6 is 0 Å². The van der Waals surface area contributed by atoms with Crippen LogP contribution in [0.4, 0.5) is 0 Å². The molecule has 5 rings (SSSR count). The van der Waals surface area contributed by atoms with E-state index in [1.54, 1.807) is 17.1 Å². The first-order chi connectivity index (χ1) is 15.5. The maximum atomic E-state index is 12.1. The van der Waals surface area contributed by atoms with E-state index in [0.717, 1.165) is 25.7 Å². The van der Waals surface area contributed by atoms with Crippen LogP contribution in [0, 0.1) is 51.8 Å². The number of aliphatic hydroxyl groups is 2. The van der Waals surface area contributed by atoms with Crippen LogP contribution in [0.25, 0.3) is 0 Å². The molecule has 4 aliphatic carbocycles. The van der Waals surface area contributed by atoms with Crippen molar-refractivity contribution in [3.63, 3.8) is 0 Å². The lowest BCUT2D eigenvalue weighted by Gasteiger charge is -2.66. The molecule has 0 amide bonds. The van der Waals surface area contributed by atoms with Gasteiger partial charge in [0, 0.05) is 6.20 Å². The Morgan fingerprint density at radius 2 is 2.00 bits per heavy atom. The van der Waals surface area contributed by atoms with Crippen LogP contribution in [0.15, 0.2) is 12.4 Å². The first-order valence-corrected chi connectivity index (χ1v) is 13.4. The molecule has 5 nitrogen and oxygen atoms in total. The maximum Gasteiger partial charge on any atom is 0.102 e. The topological polar surface area (TPSA) is 82.1 Å². The van der Waals surface area contributed by atoms with Crippen molar-refractivity contribution in [3.05, 3.63) is 18.0 Å². The molecule has 182 valence electrons. The van der Waals surface area contributed by atoms with Gasteiger partial charge in [-0.1, -0.05) is 20.3 Å². The molecule has 1 aromatic heterocycles. The van der Waals surface area contributed by atoms with Crippen molar-refractivity contribution >= 4 is 0 Å². The second-order valence-corrected chi connectivity index (χ2v) is 13.1. The maximum absolute atomic E-state index is 12.1. The number of aromatic nitrogens is 2. The van der Waals surface area contributed by atoms with Crippen molar-refractivity contribution in [1.82, 2.24) is 9.78 Å². The molecule has 33 heavy (non-hydrogen) atoms. The van der Waals surface area contributed by atoms with E-state index >= 15 is 0 Å². The normalized spacial score (nSPS) is 46.5. The molecule has 9 atom stereocenters. The van der Waals surface area contributed by atoms with E-state index in [2.05, 4.69) is 25.0 Å². The van der Waals surface area contributed by atoms with Gasteiger partial charge in [0.25, 0.3) is 0 Å². The lowest BCUT2D eigenvalue weighted by atomic mass is 9.40. The van der Waals surface area contributed by atoms with Crippen molar-refractivity contribution in [3.8, 4) is 6.07 Å². The number of hydrogen-bond acceptors (Lipinski definition) is 4. The number of nitrogens with zero attached hydrogens (tertiary/aromatic N) is 3. The van der Waals surface area contributed by atoms with Gasteiger partial charge in [-0.05, 0) is 112 Å². The zero-order valence-electron chi connectivity index (χ0n) is 21.1. The van der Waals surface area contributed by atoms with E-state index in [0.29, 0.717) is 46.6 Å². The largest absolute Gasteiger partial charge is 0.390 e. The van der Waals surface area contributed by atoms with Crippen LogP contribution in [-0.4, -0.2) is 31.2 Å². The second kappa shape index (κ2) is 7.82. The minimum absolute atomic E-state index is 0.193.